The van der Waals surface area contributed by atoms with E-state index in [1.807, 2.05) is 0 Å². The Morgan fingerprint density at radius 1 is 1.20 bits per heavy atom. The Balaban J connectivity index is 1.36. The van der Waals surface area contributed by atoms with Gasteiger partial charge in [-0.25, -0.2) is 9.97 Å². The molecular weight excluding hydrogens is 401 g/mol. The van der Waals surface area contributed by atoms with E-state index in [0.717, 1.165) is 24.3 Å². The van der Waals surface area contributed by atoms with Gasteiger partial charge in [0, 0.05) is 36.6 Å². The van der Waals surface area contributed by atoms with E-state index in [1.165, 1.54) is 24.3 Å². The monoisotopic (exact) mass is 422 g/mol. The largest absolute Gasteiger partial charge is 0.573 e. The van der Waals surface area contributed by atoms with Crippen LogP contribution in [0.25, 0.3) is 0 Å². The Bertz CT molecular complexity index is 899. The number of anilines is 2. The maximum atomic E-state index is 12.6. The smallest absolute Gasteiger partial charge is 0.406 e. The van der Waals surface area contributed by atoms with Gasteiger partial charge in [0.25, 0.3) is 0 Å². The van der Waals surface area contributed by atoms with E-state index >= 15 is 0 Å². The van der Waals surface area contributed by atoms with Crippen LogP contribution in [0.4, 0.5) is 24.8 Å². The molecule has 30 heavy (non-hydrogen) atoms. The maximum Gasteiger partial charge on any atom is 0.573 e. The highest BCUT2D eigenvalue weighted by atomic mass is 19.4. The second kappa shape index (κ2) is 8.47. The number of ether oxygens (including phenoxy) is 2. The number of carbonyl (C=O) groups excluding carboxylic acids is 1. The molecule has 1 N–H and O–H groups in total. The summed E-state index contributed by atoms with van der Waals surface area (Å²) in [5.74, 6) is -0.0646. The quantitative estimate of drug-likeness (QED) is 0.817. The second-order valence-corrected chi connectivity index (χ2v) is 7.24. The molecule has 10 heteroatoms. The van der Waals surface area contributed by atoms with Crippen LogP contribution >= 0.6 is 0 Å². The van der Waals surface area contributed by atoms with E-state index in [0.29, 0.717) is 44.1 Å². The minimum Gasteiger partial charge on any atom is -0.406 e. The number of fused-ring (bicyclic) bond motifs is 1. The summed E-state index contributed by atoms with van der Waals surface area (Å²) in [6.45, 7) is 2.84. The van der Waals surface area contributed by atoms with Crippen molar-refractivity contribution in [3.8, 4) is 5.75 Å². The molecule has 0 spiro atoms. The lowest BCUT2D eigenvalue weighted by molar-refractivity contribution is -0.274. The topological polar surface area (TPSA) is 76.6 Å². The van der Waals surface area contributed by atoms with Crippen LogP contribution in [0.5, 0.6) is 5.75 Å². The molecule has 1 fully saturated rings. The van der Waals surface area contributed by atoms with Crippen molar-refractivity contribution in [3.63, 3.8) is 0 Å². The molecule has 2 heterocycles. The summed E-state index contributed by atoms with van der Waals surface area (Å²) >= 11 is 0. The first-order valence-corrected chi connectivity index (χ1v) is 9.71. The van der Waals surface area contributed by atoms with Crippen LogP contribution in [-0.2, 0) is 22.4 Å². The van der Waals surface area contributed by atoms with Crippen LogP contribution in [0, 0.1) is 5.92 Å². The molecule has 1 aromatic heterocycles. The molecule has 160 valence electrons. The average Bonchev–Trinajstić information content (AvgIpc) is 2.74. The number of amides is 1. The summed E-state index contributed by atoms with van der Waals surface area (Å²) in [4.78, 5) is 23.8. The third-order valence-corrected chi connectivity index (χ3v) is 5.16. The van der Waals surface area contributed by atoms with E-state index in [2.05, 4.69) is 24.9 Å². The van der Waals surface area contributed by atoms with Crippen molar-refractivity contribution in [2.24, 2.45) is 5.92 Å². The number of halogens is 3. The number of aryl methyl sites for hydroxylation is 1. The molecule has 2 aromatic rings. The summed E-state index contributed by atoms with van der Waals surface area (Å²) in [5.41, 5.74) is 2.33. The van der Waals surface area contributed by atoms with Gasteiger partial charge in [0.2, 0.25) is 11.9 Å². The molecule has 1 aliphatic heterocycles. The van der Waals surface area contributed by atoms with Crippen molar-refractivity contribution in [1.82, 2.24) is 9.97 Å². The van der Waals surface area contributed by atoms with Crippen molar-refractivity contribution in [2.45, 2.75) is 25.6 Å². The number of hydrogen-bond acceptors (Lipinski definition) is 6. The van der Waals surface area contributed by atoms with Crippen LogP contribution in [0.15, 0.2) is 30.5 Å². The van der Waals surface area contributed by atoms with Gasteiger partial charge in [-0.2, -0.15) is 0 Å². The highest BCUT2D eigenvalue weighted by Gasteiger charge is 2.31. The zero-order valence-corrected chi connectivity index (χ0v) is 16.1. The number of morpholine rings is 1. The van der Waals surface area contributed by atoms with Crippen LogP contribution in [-0.4, -0.2) is 48.5 Å². The van der Waals surface area contributed by atoms with Gasteiger partial charge in [0.1, 0.15) is 5.75 Å². The number of carbonyl (C=O) groups is 1. The van der Waals surface area contributed by atoms with Gasteiger partial charge in [0.05, 0.1) is 13.2 Å². The van der Waals surface area contributed by atoms with Crippen molar-refractivity contribution < 1.29 is 27.4 Å². The average molecular weight is 422 g/mol. The highest BCUT2D eigenvalue weighted by Crippen LogP contribution is 2.28. The fourth-order valence-electron chi connectivity index (χ4n) is 3.62. The number of nitrogens with one attached hydrogen (secondary N) is 1. The number of aromatic nitrogens is 2. The fourth-order valence-corrected chi connectivity index (χ4v) is 3.62. The minimum atomic E-state index is -4.75. The highest BCUT2D eigenvalue weighted by molar-refractivity contribution is 5.92. The Kier molecular flexibility index (Phi) is 5.76. The number of alkyl halides is 3. The van der Waals surface area contributed by atoms with E-state index in [4.69, 9.17) is 4.74 Å². The van der Waals surface area contributed by atoms with Crippen LogP contribution in [0.2, 0.25) is 0 Å². The van der Waals surface area contributed by atoms with Gasteiger partial charge in [-0.15, -0.1) is 13.2 Å². The minimum absolute atomic E-state index is 0.178. The lowest BCUT2D eigenvalue weighted by Crippen LogP contribution is -2.38. The summed E-state index contributed by atoms with van der Waals surface area (Å²) < 4.78 is 45.9. The summed E-state index contributed by atoms with van der Waals surface area (Å²) in [6.07, 6.45) is -1.11. The molecule has 2 aliphatic rings. The molecule has 7 nitrogen and oxygen atoms in total. The van der Waals surface area contributed by atoms with Crippen molar-refractivity contribution in [3.05, 3.63) is 41.7 Å². The van der Waals surface area contributed by atoms with Crippen molar-refractivity contribution >= 4 is 17.5 Å². The molecule has 0 unspecified atom stereocenters. The SMILES string of the molecule is O=C(Nc1ccc(OC(F)(F)F)cc1)[C@H]1CCc2nc(N3CCOCC3)ncc2C1. The third-order valence-electron chi connectivity index (χ3n) is 5.16. The van der Waals surface area contributed by atoms with Gasteiger partial charge >= 0.3 is 6.36 Å². The van der Waals surface area contributed by atoms with Gasteiger partial charge in [0.15, 0.2) is 0 Å². The summed E-state index contributed by atoms with van der Waals surface area (Å²) in [5, 5.41) is 2.76. The number of benzene rings is 1. The molecule has 0 radical (unpaired) electrons. The van der Waals surface area contributed by atoms with Gasteiger partial charge < -0.3 is 19.7 Å². The Morgan fingerprint density at radius 3 is 2.63 bits per heavy atom. The Morgan fingerprint density at radius 2 is 1.93 bits per heavy atom. The standard InChI is InChI=1S/C20H21F3N4O3/c21-20(22,23)30-16-4-2-15(3-5-16)25-18(28)13-1-6-17-14(11-13)12-24-19(26-17)27-7-9-29-10-8-27/h2-5,12-13H,1,6-11H2,(H,25,28)/t13-/m0/s1. The number of rotatable bonds is 4. The number of nitrogens with zero attached hydrogens (tertiary/aromatic N) is 3. The normalized spacial score (nSPS) is 19.2. The zero-order chi connectivity index (χ0) is 21.1. The Labute approximate surface area is 171 Å². The Hall–Kier alpha value is -2.88. The molecule has 0 saturated carbocycles. The molecule has 1 amide bonds. The molecule has 1 aromatic carbocycles. The van der Waals surface area contributed by atoms with Crippen molar-refractivity contribution in [2.75, 3.05) is 36.5 Å². The van der Waals surface area contributed by atoms with E-state index < -0.39 is 6.36 Å². The van der Waals surface area contributed by atoms with Crippen LogP contribution in [0.3, 0.4) is 0 Å². The maximum absolute atomic E-state index is 12.6. The van der Waals surface area contributed by atoms with E-state index in [1.54, 1.807) is 6.20 Å². The predicted molar refractivity (Wildman–Crippen MR) is 102 cm³/mol. The van der Waals surface area contributed by atoms with E-state index in [9.17, 15) is 18.0 Å². The van der Waals surface area contributed by atoms with Crippen LogP contribution < -0.4 is 15.0 Å². The summed E-state index contributed by atoms with van der Waals surface area (Å²) in [7, 11) is 0. The van der Waals surface area contributed by atoms with Crippen molar-refractivity contribution in [1.29, 1.82) is 0 Å². The molecular formula is C20H21F3N4O3. The molecule has 4 rings (SSSR count). The molecule has 1 aliphatic carbocycles. The summed E-state index contributed by atoms with van der Waals surface area (Å²) in [6, 6.07) is 5.10. The lowest BCUT2D eigenvalue weighted by Gasteiger charge is -2.28. The van der Waals surface area contributed by atoms with Gasteiger partial charge in [-0.05, 0) is 49.1 Å². The van der Waals surface area contributed by atoms with Gasteiger partial charge in [-0.1, -0.05) is 0 Å². The van der Waals surface area contributed by atoms with Crippen LogP contribution in [0.1, 0.15) is 17.7 Å². The zero-order valence-electron chi connectivity index (χ0n) is 16.1. The molecule has 0 bridgehead atoms. The molecule has 1 saturated heterocycles. The first kappa shape index (κ1) is 20.4. The van der Waals surface area contributed by atoms with Gasteiger partial charge in [-0.3, -0.25) is 4.79 Å². The first-order valence-electron chi connectivity index (χ1n) is 9.71. The first-order chi connectivity index (χ1) is 14.4. The fraction of sp³-hybridized carbons (Fsp3) is 0.450. The second-order valence-electron chi connectivity index (χ2n) is 7.24. The number of hydrogen-bond donors (Lipinski definition) is 1. The predicted octanol–water partition coefficient (Wildman–Crippen LogP) is 2.96. The lowest BCUT2D eigenvalue weighted by atomic mass is 9.86. The van der Waals surface area contributed by atoms with E-state index in [-0.39, 0.29) is 17.6 Å². The molecule has 1 atom stereocenters. The third kappa shape index (κ3) is 4.99.